The zero-order chi connectivity index (χ0) is 18.5. The number of nitrogens with one attached hydrogen (secondary N) is 2. The first-order valence-corrected chi connectivity index (χ1v) is 8.18. The summed E-state index contributed by atoms with van der Waals surface area (Å²) in [6, 6.07) is 7.13. The van der Waals surface area contributed by atoms with Gasteiger partial charge < -0.3 is 0 Å². The van der Waals surface area contributed by atoms with E-state index in [0.29, 0.717) is 25.7 Å². The molecule has 0 radical (unpaired) electrons. The number of hydrazone groups is 2. The monoisotopic (exact) mass is 352 g/mol. The molecule has 0 unspecified atom stereocenters. The van der Waals surface area contributed by atoms with Gasteiger partial charge in [0, 0.05) is 37.6 Å². The van der Waals surface area contributed by atoms with Crippen molar-refractivity contribution < 1.29 is 9.59 Å². The van der Waals surface area contributed by atoms with Crippen LogP contribution in [0.2, 0.25) is 0 Å². The van der Waals surface area contributed by atoms with Crippen molar-refractivity contribution in [1.82, 2.24) is 20.8 Å². The van der Waals surface area contributed by atoms with Crippen molar-refractivity contribution in [2.45, 2.75) is 25.7 Å². The van der Waals surface area contributed by atoms with Crippen LogP contribution >= 0.6 is 0 Å². The van der Waals surface area contributed by atoms with Crippen molar-refractivity contribution >= 4 is 24.2 Å². The van der Waals surface area contributed by atoms with Crippen LogP contribution in [0.1, 0.15) is 36.8 Å². The molecule has 0 aromatic carbocycles. The summed E-state index contributed by atoms with van der Waals surface area (Å²) in [4.78, 5) is 31.1. The minimum Gasteiger partial charge on any atom is -0.273 e. The molecule has 0 bridgehead atoms. The van der Waals surface area contributed by atoms with Gasteiger partial charge in [-0.15, -0.1) is 0 Å². The third-order valence-corrected chi connectivity index (χ3v) is 3.28. The second kappa shape index (κ2) is 11.2. The summed E-state index contributed by atoms with van der Waals surface area (Å²) in [5.74, 6) is -0.377. The number of hydrogen-bond acceptors (Lipinski definition) is 6. The standard InChI is InChI=1S/C18H20N6O2/c25-17(23-21-13-15-5-9-19-10-6-15)3-1-2-4-18(26)24-22-14-16-7-11-20-12-8-16/h5-14H,1-4H2,(H,23,25)(H,24,26). The first-order valence-electron chi connectivity index (χ1n) is 8.18. The van der Waals surface area contributed by atoms with Gasteiger partial charge in [-0.2, -0.15) is 10.2 Å². The Morgan fingerprint density at radius 3 is 1.54 bits per heavy atom. The smallest absolute Gasteiger partial charge is 0.240 e. The molecule has 8 heteroatoms. The molecule has 0 aliphatic carbocycles. The largest absolute Gasteiger partial charge is 0.273 e. The highest BCUT2D eigenvalue weighted by Crippen LogP contribution is 2.00. The third-order valence-electron chi connectivity index (χ3n) is 3.28. The average Bonchev–Trinajstić information content (AvgIpc) is 2.67. The van der Waals surface area contributed by atoms with E-state index in [9.17, 15) is 9.59 Å². The molecule has 2 aromatic rings. The lowest BCUT2D eigenvalue weighted by Crippen LogP contribution is -2.19. The van der Waals surface area contributed by atoms with E-state index in [0.717, 1.165) is 11.1 Å². The molecular formula is C18H20N6O2. The van der Waals surface area contributed by atoms with Crippen molar-refractivity contribution in [3.63, 3.8) is 0 Å². The van der Waals surface area contributed by atoms with E-state index < -0.39 is 0 Å². The van der Waals surface area contributed by atoms with Gasteiger partial charge in [-0.1, -0.05) is 0 Å². The molecule has 0 atom stereocenters. The lowest BCUT2D eigenvalue weighted by molar-refractivity contribution is -0.123. The van der Waals surface area contributed by atoms with E-state index >= 15 is 0 Å². The fourth-order valence-corrected chi connectivity index (χ4v) is 1.94. The summed E-state index contributed by atoms with van der Waals surface area (Å²) < 4.78 is 0. The lowest BCUT2D eigenvalue weighted by Gasteiger charge is -2.01. The van der Waals surface area contributed by atoms with Gasteiger partial charge in [-0.05, 0) is 48.2 Å². The summed E-state index contributed by atoms with van der Waals surface area (Å²) in [5.41, 5.74) is 6.61. The van der Waals surface area contributed by atoms with Gasteiger partial charge in [-0.25, -0.2) is 10.9 Å². The van der Waals surface area contributed by atoms with Crippen LogP contribution in [0.4, 0.5) is 0 Å². The number of carbonyl (C=O) groups excluding carboxylic acids is 2. The Kier molecular flexibility index (Phi) is 8.14. The lowest BCUT2D eigenvalue weighted by atomic mass is 10.2. The van der Waals surface area contributed by atoms with Crippen LogP contribution in [-0.2, 0) is 9.59 Å². The van der Waals surface area contributed by atoms with Crippen LogP contribution < -0.4 is 10.9 Å². The van der Waals surface area contributed by atoms with E-state index in [1.807, 2.05) is 0 Å². The zero-order valence-corrected chi connectivity index (χ0v) is 14.2. The van der Waals surface area contributed by atoms with Gasteiger partial charge in [-0.3, -0.25) is 19.6 Å². The van der Waals surface area contributed by atoms with Crippen LogP contribution in [0.3, 0.4) is 0 Å². The van der Waals surface area contributed by atoms with E-state index in [-0.39, 0.29) is 11.8 Å². The Labute approximate surface area is 151 Å². The topological polar surface area (TPSA) is 109 Å². The van der Waals surface area contributed by atoms with Gasteiger partial charge in [0.1, 0.15) is 0 Å². The van der Waals surface area contributed by atoms with Crippen molar-refractivity contribution in [3.05, 3.63) is 60.2 Å². The molecule has 0 aliphatic heterocycles. The Morgan fingerprint density at radius 1 is 0.769 bits per heavy atom. The normalized spacial score (nSPS) is 10.9. The van der Waals surface area contributed by atoms with E-state index in [4.69, 9.17) is 0 Å². The summed E-state index contributed by atoms with van der Waals surface area (Å²) in [5, 5.41) is 7.74. The summed E-state index contributed by atoms with van der Waals surface area (Å²) in [6.45, 7) is 0. The van der Waals surface area contributed by atoms with Gasteiger partial charge in [0.15, 0.2) is 0 Å². The molecule has 134 valence electrons. The maximum absolute atomic E-state index is 11.6. The number of nitrogens with zero attached hydrogens (tertiary/aromatic N) is 4. The second-order valence-electron chi connectivity index (χ2n) is 5.35. The number of amides is 2. The van der Waals surface area contributed by atoms with Crippen LogP contribution in [0.15, 0.2) is 59.3 Å². The second-order valence-corrected chi connectivity index (χ2v) is 5.35. The molecular weight excluding hydrogens is 332 g/mol. The molecule has 0 saturated carbocycles. The quantitative estimate of drug-likeness (QED) is 0.406. The molecule has 8 nitrogen and oxygen atoms in total. The molecule has 26 heavy (non-hydrogen) atoms. The molecule has 2 aromatic heterocycles. The van der Waals surface area contributed by atoms with Crippen LogP contribution in [-0.4, -0.2) is 34.2 Å². The highest BCUT2D eigenvalue weighted by molar-refractivity contribution is 5.83. The van der Waals surface area contributed by atoms with Gasteiger partial charge >= 0.3 is 0 Å². The van der Waals surface area contributed by atoms with Gasteiger partial charge in [0.05, 0.1) is 12.4 Å². The number of carbonyl (C=O) groups is 2. The molecule has 2 amide bonds. The molecule has 2 heterocycles. The van der Waals surface area contributed by atoms with Crippen molar-refractivity contribution in [1.29, 1.82) is 0 Å². The molecule has 2 rings (SSSR count). The molecule has 0 fully saturated rings. The Morgan fingerprint density at radius 2 is 1.15 bits per heavy atom. The number of unbranched alkanes of at least 4 members (excludes halogenated alkanes) is 1. The number of pyridine rings is 2. The summed E-state index contributed by atoms with van der Waals surface area (Å²) in [7, 11) is 0. The predicted molar refractivity (Wildman–Crippen MR) is 98.4 cm³/mol. The average molecular weight is 352 g/mol. The maximum atomic E-state index is 11.6. The SMILES string of the molecule is O=C(CCCCC(=O)NN=Cc1ccncc1)NN=Cc1ccncc1. The van der Waals surface area contributed by atoms with E-state index in [2.05, 4.69) is 31.0 Å². The third kappa shape index (κ3) is 7.91. The Balaban J connectivity index is 1.55. The van der Waals surface area contributed by atoms with Crippen LogP contribution in [0, 0.1) is 0 Å². The van der Waals surface area contributed by atoms with Crippen LogP contribution in [0.25, 0.3) is 0 Å². The molecule has 2 N–H and O–H groups in total. The highest BCUT2D eigenvalue weighted by Gasteiger charge is 2.02. The summed E-state index contributed by atoms with van der Waals surface area (Å²) in [6.07, 6.45) is 11.5. The predicted octanol–water partition coefficient (Wildman–Crippen LogP) is 1.64. The van der Waals surface area contributed by atoms with Gasteiger partial charge in [0.25, 0.3) is 0 Å². The minimum atomic E-state index is -0.188. The number of hydrogen-bond donors (Lipinski definition) is 2. The number of rotatable bonds is 9. The first-order chi connectivity index (χ1) is 12.7. The molecule has 0 aliphatic rings. The van der Waals surface area contributed by atoms with Crippen molar-refractivity contribution in [2.24, 2.45) is 10.2 Å². The van der Waals surface area contributed by atoms with E-state index in [1.54, 1.807) is 61.5 Å². The van der Waals surface area contributed by atoms with Gasteiger partial charge in [0.2, 0.25) is 11.8 Å². The van der Waals surface area contributed by atoms with Crippen LogP contribution in [0.5, 0.6) is 0 Å². The fraction of sp³-hybridized carbons (Fsp3) is 0.222. The maximum Gasteiger partial charge on any atom is 0.240 e. The number of aromatic nitrogens is 2. The Hall–Kier alpha value is -3.42. The highest BCUT2D eigenvalue weighted by atomic mass is 16.2. The summed E-state index contributed by atoms with van der Waals surface area (Å²) >= 11 is 0. The Bertz CT molecular complexity index is 681. The zero-order valence-electron chi connectivity index (χ0n) is 14.2. The van der Waals surface area contributed by atoms with E-state index in [1.165, 1.54) is 0 Å². The minimum absolute atomic E-state index is 0.188. The van der Waals surface area contributed by atoms with Crippen molar-refractivity contribution in [2.75, 3.05) is 0 Å². The van der Waals surface area contributed by atoms with Crippen molar-refractivity contribution in [3.8, 4) is 0 Å². The molecule has 0 saturated heterocycles. The molecule has 0 spiro atoms. The first kappa shape index (κ1) is 18.9. The fourth-order valence-electron chi connectivity index (χ4n) is 1.94.